The molecule has 0 aliphatic carbocycles. The molecule has 10 rings (SSSR count). The Kier molecular flexibility index (Phi) is 7.22. The Bertz CT molecular complexity index is 3130. The molecule has 0 amide bonds. The van der Waals surface area contributed by atoms with Crippen LogP contribution in [-0.2, 0) is 0 Å². The molecule has 10 aromatic rings. The van der Waals surface area contributed by atoms with Crippen molar-refractivity contribution in [2.24, 2.45) is 0 Å². The highest BCUT2D eigenvalue weighted by atomic mass is 16.3. The van der Waals surface area contributed by atoms with Crippen LogP contribution in [0.25, 0.3) is 99.5 Å². The summed E-state index contributed by atoms with van der Waals surface area (Å²) in [5.74, 6) is 0. The zero-order chi connectivity index (χ0) is 36.2. The molecule has 0 atom stereocenters. The quantitative estimate of drug-likeness (QED) is 0.180. The summed E-state index contributed by atoms with van der Waals surface area (Å²) in [6, 6.07) is 62.1. The van der Waals surface area contributed by atoms with E-state index >= 15 is 0 Å². The van der Waals surface area contributed by atoms with E-state index in [0.717, 1.165) is 99.5 Å². The van der Waals surface area contributed by atoms with Gasteiger partial charge in [0, 0.05) is 21.5 Å². The summed E-state index contributed by atoms with van der Waals surface area (Å²) >= 11 is 0. The number of hydrogen-bond donors (Lipinski definition) is 0. The molecule has 250 valence electrons. The Morgan fingerprint density at radius 3 is 1.43 bits per heavy atom. The maximum absolute atomic E-state index is 10.1. The van der Waals surface area contributed by atoms with Gasteiger partial charge in [0.25, 0.3) is 0 Å². The fraction of sp³-hybridized carbons (Fsp3) is 0. The smallest absolute Gasteiger partial charge is 0.136 e. The fourth-order valence-corrected chi connectivity index (χ4v) is 7.81. The van der Waals surface area contributed by atoms with Gasteiger partial charge in [0.2, 0.25) is 0 Å². The van der Waals surface area contributed by atoms with Crippen LogP contribution in [0.1, 0.15) is 11.1 Å². The molecule has 8 aromatic carbocycles. The molecule has 2 heterocycles. The topological polar surface area (TPSA) is 73.9 Å². The predicted octanol–water partition coefficient (Wildman–Crippen LogP) is 13.6. The lowest BCUT2D eigenvalue weighted by Crippen LogP contribution is -1.92. The third kappa shape index (κ3) is 5.14. The molecule has 0 radical (unpaired) electrons. The Labute approximate surface area is 311 Å². The first-order valence-corrected chi connectivity index (χ1v) is 17.8. The Morgan fingerprint density at radius 1 is 0.315 bits per heavy atom. The van der Waals surface area contributed by atoms with E-state index in [-0.39, 0.29) is 0 Å². The van der Waals surface area contributed by atoms with E-state index in [1.165, 1.54) is 0 Å². The lowest BCUT2D eigenvalue weighted by Gasteiger charge is -2.16. The summed E-state index contributed by atoms with van der Waals surface area (Å²) in [6.45, 7) is 0. The fourth-order valence-electron chi connectivity index (χ4n) is 7.81. The molecule has 0 saturated carbocycles. The van der Waals surface area contributed by atoms with Crippen molar-refractivity contribution in [1.82, 2.24) is 0 Å². The molecule has 2 aromatic heterocycles. The van der Waals surface area contributed by atoms with Crippen LogP contribution in [0.5, 0.6) is 0 Å². The van der Waals surface area contributed by atoms with Gasteiger partial charge in [-0.2, -0.15) is 10.5 Å². The normalized spacial score (nSPS) is 11.3. The number of nitrogens with zero attached hydrogens (tertiary/aromatic N) is 2. The van der Waals surface area contributed by atoms with E-state index in [2.05, 4.69) is 84.9 Å². The first kappa shape index (κ1) is 31.1. The lowest BCUT2D eigenvalue weighted by molar-refractivity contribution is 0.668. The second-order valence-electron chi connectivity index (χ2n) is 13.5. The molecule has 4 nitrogen and oxygen atoms in total. The van der Waals surface area contributed by atoms with Gasteiger partial charge in [0.15, 0.2) is 0 Å². The largest absolute Gasteiger partial charge is 0.456 e. The van der Waals surface area contributed by atoms with E-state index in [0.29, 0.717) is 11.1 Å². The number of benzene rings is 8. The van der Waals surface area contributed by atoms with Crippen LogP contribution < -0.4 is 0 Å². The molecule has 0 saturated heterocycles. The number of fused-ring (bicyclic) bond motifs is 6. The lowest BCUT2D eigenvalue weighted by atomic mass is 9.88. The SMILES string of the molecule is N#Cc1ccccc1-c1cc(-c2cc(-c3ccc4oc5ccccc5c4c3)cc(-c3cccc4oc5ccccc5c34)c2)cc(-c2ccccc2C#N)c1. The van der Waals surface area contributed by atoms with E-state index in [4.69, 9.17) is 8.83 Å². The van der Waals surface area contributed by atoms with Crippen LogP contribution in [0.2, 0.25) is 0 Å². The summed E-state index contributed by atoms with van der Waals surface area (Å²) < 4.78 is 12.5. The number of para-hydroxylation sites is 2. The maximum atomic E-state index is 10.1. The predicted molar refractivity (Wildman–Crippen MR) is 218 cm³/mol. The number of furan rings is 2. The monoisotopic (exact) mass is 688 g/mol. The first-order valence-electron chi connectivity index (χ1n) is 17.8. The minimum absolute atomic E-state index is 0.586. The zero-order valence-electron chi connectivity index (χ0n) is 28.9. The van der Waals surface area contributed by atoms with Gasteiger partial charge < -0.3 is 8.83 Å². The van der Waals surface area contributed by atoms with Crippen LogP contribution in [-0.4, -0.2) is 0 Å². The van der Waals surface area contributed by atoms with Crippen molar-refractivity contribution in [3.8, 4) is 67.8 Å². The molecule has 0 aliphatic heterocycles. The highest BCUT2D eigenvalue weighted by molar-refractivity contribution is 6.13. The van der Waals surface area contributed by atoms with Crippen LogP contribution in [0.3, 0.4) is 0 Å². The third-order valence-corrected chi connectivity index (χ3v) is 10.3. The minimum atomic E-state index is 0.586. The van der Waals surface area contributed by atoms with Crippen molar-refractivity contribution in [3.63, 3.8) is 0 Å². The minimum Gasteiger partial charge on any atom is -0.456 e. The van der Waals surface area contributed by atoms with Crippen molar-refractivity contribution < 1.29 is 8.83 Å². The molecule has 0 fully saturated rings. The second-order valence-corrected chi connectivity index (χ2v) is 13.5. The molecule has 0 bridgehead atoms. The first-order chi connectivity index (χ1) is 26.6. The average molecular weight is 689 g/mol. The van der Waals surface area contributed by atoms with Crippen molar-refractivity contribution >= 4 is 43.9 Å². The molecule has 54 heavy (non-hydrogen) atoms. The van der Waals surface area contributed by atoms with Gasteiger partial charge in [-0.25, -0.2) is 0 Å². The molecular weight excluding hydrogens is 661 g/mol. The highest BCUT2D eigenvalue weighted by Crippen LogP contribution is 2.42. The van der Waals surface area contributed by atoms with Crippen LogP contribution in [0.15, 0.2) is 179 Å². The van der Waals surface area contributed by atoms with Crippen molar-refractivity contribution in [2.75, 3.05) is 0 Å². The van der Waals surface area contributed by atoms with Crippen LogP contribution >= 0.6 is 0 Å². The van der Waals surface area contributed by atoms with E-state index < -0.39 is 0 Å². The average Bonchev–Trinajstić information content (AvgIpc) is 3.81. The van der Waals surface area contributed by atoms with Gasteiger partial charge in [-0.3, -0.25) is 0 Å². The van der Waals surface area contributed by atoms with Crippen molar-refractivity contribution in [1.29, 1.82) is 10.5 Å². The number of rotatable bonds is 5. The van der Waals surface area contributed by atoms with Gasteiger partial charge in [-0.15, -0.1) is 0 Å². The van der Waals surface area contributed by atoms with Gasteiger partial charge in [-0.05, 0) is 134 Å². The molecule has 0 N–H and O–H groups in total. The molecule has 0 aliphatic rings. The summed E-state index contributed by atoms with van der Waals surface area (Å²) in [5, 5.41) is 24.5. The summed E-state index contributed by atoms with van der Waals surface area (Å²) in [4.78, 5) is 0. The van der Waals surface area contributed by atoms with E-state index in [9.17, 15) is 10.5 Å². The van der Waals surface area contributed by atoms with Gasteiger partial charge >= 0.3 is 0 Å². The van der Waals surface area contributed by atoms with Crippen LogP contribution in [0, 0.1) is 22.7 Å². The zero-order valence-corrected chi connectivity index (χ0v) is 28.9. The second kappa shape index (κ2) is 12.5. The van der Waals surface area contributed by atoms with Gasteiger partial charge in [-0.1, -0.05) is 91.0 Å². The molecule has 0 unspecified atom stereocenters. The number of hydrogen-bond acceptors (Lipinski definition) is 4. The third-order valence-electron chi connectivity index (χ3n) is 10.3. The summed E-state index contributed by atoms with van der Waals surface area (Å²) in [5.41, 5.74) is 14.2. The van der Waals surface area contributed by atoms with Crippen molar-refractivity contribution in [3.05, 3.63) is 181 Å². The Hall–Kier alpha value is -7.66. The van der Waals surface area contributed by atoms with E-state index in [1.54, 1.807) is 0 Å². The van der Waals surface area contributed by atoms with Crippen LogP contribution in [0.4, 0.5) is 0 Å². The standard InChI is InChI=1S/C50H28N2O2/c51-29-32-10-1-3-12-40(32)37-24-36(25-38(27-37)41-13-4-2-11-33(41)30-52)35-22-34(31-20-21-48-45(28-31)43-14-5-7-17-46(43)53-48)23-39(26-35)42-16-9-19-49-50(42)44-15-6-8-18-47(44)54-49/h1-28H. The molecule has 0 spiro atoms. The van der Waals surface area contributed by atoms with Crippen molar-refractivity contribution in [2.45, 2.75) is 0 Å². The highest BCUT2D eigenvalue weighted by Gasteiger charge is 2.18. The Balaban J connectivity index is 1.26. The van der Waals surface area contributed by atoms with E-state index in [1.807, 2.05) is 97.1 Å². The maximum Gasteiger partial charge on any atom is 0.136 e. The van der Waals surface area contributed by atoms with Gasteiger partial charge in [0.05, 0.1) is 23.3 Å². The molecular formula is C50H28N2O2. The Morgan fingerprint density at radius 2 is 0.759 bits per heavy atom. The molecule has 4 heteroatoms. The number of nitriles is 2. The summed E-state index contributed by atoms with van der Waals surface area (Å²) in [7, 11) is 0. The van der Waals surface area contributed by atoms with Gasteiger partial charge in [0.1, 0.15) is 22.3 Å². The summed E-state index contributed by atoms with van der Waals surface area (Å²) in [6.07, 6.45) is 0.